The molecule has 0 spiro atoms. The molecule has 0 radical (unpaired) electrons. The van der Waals surface area contributed by atoms with E-state index in [9.17, 15) is 4.79 Å². The van der Waals surface area contributed by atoms with Crippen molar-refractivity contribution in [2.45, 2.75) is 34.1 Å². The Hall–Kier alpha value is -1.31. The summed E-state index contributed by atoms with van der Waals surface area (Å²) in [5.41, 5.74) is 0.331. The fraction of sp³-hybridized carbons (Fsp3) is 0.417. The highest BCUT2D eigenvalue weighted by Gasteiger charge is 1.93. The molecular weight excluding hydrogens is 176 g/mol. The van der Waals surface area contributed by atoms with Crippen molar-refractivity contribution in [3.05, 3.63) is 29.8 Å². The quantitative estimate of drug-likeness (QED) is 0.696. The molecule has 0 bridgehead atoms. The zero-order chi connectivity index (χ0) is 11.4. The lowest BCUT2D eigenvalue weighted by Gasteiger charge is -1.91. The molecule has 0 aliphatic rings. The molecule has 0 unspecified atom stereocenters. The van der Waals surface area contributed by atoms with Gasteiger partial charge >= 0.3 is 0 Å². The number of hydrogen-bond acceptors (Lipinski definition) is 2. The number of carbonyl (C=O) groups excluding carboxylic acids is 1. The van der Waals surface area contributed by atoms with Gasteiger partial charge in [0.1, 0.15) is 5.75 Å². The number of hydrogen-bond donors (Lipinski definition) is 1. The van der Waals surface area contributed by atoms with E-state index in [1.54, 1.807) is 18.2 Å². The van der Waals surface area contributed by atoms with Crippen LogP contribution < -0.4 is 0 Å². The van der Waals surface area contributed by atoms with Crippen LogP contribution in [0.1, 0.15) is 44.5 Å². The average molecular weight is 196 g/mol. The van der Waals surface area contributed by atoms with Crippen LogP contribution in [0.15, 0.2) is 24.3 Å². The number of phenols is 1. The van der Waals surface area contributed by atoms with Crippen LogP contribution in [-0.4, -0.2) is 11.4 Å². The van der Waals surface area contributed by atoms with Gasteiger partial charge < -0.3 is 5.11 Å². The normalized spacial score (nSPS) is 7.43. The molecule has 0 aliphatic heterocycles. The summed E-state index contributed by atoms with van der Waals surface area (Å²) in [6.45, 7) is 8.25. The molecule has 1 N–H and O–H groups in total. The lowest BCUT2D eigenvalue weighted by atomic mass is 10.2. The maximum absolute atomic E-state index is 10.1. The number of phenolic OH excluding ortho intramolecular Hbond substituents is 1. The largest absolute Gasteiger partial charge is 0.507 e. The Morgan fingerprint density at radius 1 is 1.21 bits per heavy atom. The second-order valence-corrected chi connectivity index (χ2v) is 2.38. The minimum atomic E-state index is 0.0347. The van der Waals surface area contributed by atoms with E-state index in [0.29, 0.717) is 11.8 Å². The minimum Gasteiger partial charge on any atom is -0.507 e. The molecule has 14 heavy (non-hydrogen) atoms. The number of benzene rings is 1. The van der Waals surface area contributed by atoms with Gasteiger partial charge in [0.2, 0.25) is 0 Å². The molecule has 1 rings (SSSR count). The van der Waals surface area contributed by atoms with Gasteiger partial charge in [0.05, 0.1) is 5.56 Å². The van der Waals surface area contributed by atoms with Gasteiger partial charge in [-0.25, -0.2) is 0 Å². The molecule has 0 saturated heterocycles. The van der Waals surface area contributed by atoms with Crippen molar-refractivity contribution in [2.24, 2.45) is 0 Å². The lowest BCUT2D eigenvalue weighted by molar-refractivity contribution is 0.112. The molecule has 2 heteroatoms. The average Bonchev–Trinajstić information content (AvgIpc) is 2.23. The fourth-order valence-electron chi connectivity index (χ4n) is 0.587. The summed E-state index contributed by atoms with van der Waals surface area (Å²) in [4.78, 5) is 10.1. The van der Waals surface area contributed by atoms with E-state index in [1.807, 2.05) is 13.8 Å². The molecule has 2 nitrogen and oxygen atoms in total. The molecule has 0 heterocycles. The van der Waals surface area contributed by atoms with E-state index in [-0.39, 0.29) is 5.75 Å². The SMILES string of the molecule is CC.CCC.O=Cc1ccccc1O. The van der Waals surface area contributed by atoms with Crippen LogP contribution in [0.25, 0.3) is 0 Å². The van der Waals surface area contributed by atoms with Gasteiger partial charge in [-0.3, -0.25) is 4.79 Å². The molecule has 0 amide bonds. The summed E-state index contributed by atoms with van der Waals surface area (Å²) >= 11 is 0. The maximum Gasteiger partial charge on any atom is 0.153 e. The first-order valence-electron chi connectivity index (χ1n) is 4.99. The fourth-order valence-corrected chi connectivity index (χ4v) is 0.587. The molecule has 80 valence electrons. The molecule has 1 aromatic rings. The Labute approximate surface area is 86.6 Å². The van der Waals surface area contributed by atoms with E-state index in [2.05, 4.69) is 13.8 Å². The van der Waals surface area contributed by atoms with Crippen molar-refractivity contribution in [2.75, 3.05) is 0 Å². The first-order chi connectivity index (χ1) is 6.76. The highest BCUT2D eigenvalue weighted by Crippen LogP contribution is 2.11. The van der Waals surface area contributed by atoms with Gasteiger partial charge in [-0.1, -0.05) is 46.2 Å². The summed E-state index contributed by atoms with van der Waals surface area (Å²) in [6, 6.07) is 6.40. The first kappa shape index (κ1) is 15.2. The Morgan fingerprint density at radius 2 is 1.64 bits per heavy atom. The molecule has 1 aromatic carbocycles. The maximum atomic E-state index is 10.1. The Bertz CT molecular complexity index is 232. The van der Waals surface area contributed by atoms with Gasteiger partial charge in [0.25, 0.3) is 0 Å². The van der Waals surface area contributed by atoms with E-state index >= 15 is 0 Å². The zero-order valence-electron chi connectivity index (χ0n) is 9.45. The summed E-state index contributed by atoms with van der Waals surface area (Å²) in [6.07, 6.45) is 1.87. The third-order valence-corrected chi connectivity index (χ3v) is 1.06. The lowest BCUT2D eigenvalue weighted by Crippen LogP contribution is -1.77. The summed E-state index contributed by atoms with van der Waals surface area (Å²) in [5.74, 6) is 0.0347. The Kier molecular flexibility index (Phi) is 12.7. The van der Waals surface area contributed by atoms with Crippen molar-refractivity contribution < 1.29 is 9.90 Å². The summed E-state index contributed by atoms with van der Waals surface area (Å²) in [5, 5.41) is 8.88. The number of aromatic hydroxyl groups is 1. The highest BCUT2D eigenvalue weighted by molar-refractivity contribution is 5.78. The van der Waals surface area contributed by atoms with E-state index < -0.39 is 0 Å². The molecule has 0 fully saturated rings. The second kappa shape index (κ2) is 11.7. The van der Waals surface area contributed by atoms with Crippen LogP contribution in [0.2, 0.25) is 0 Å². The smallest absolute Gasteiger partial charge is 0.153 e. The third-order valence-electron chi connectivity index (χ3n) is 1.06. The van der Waals surface area contributed by atoms with Crippen molar-refractivity contribution in [3.63, 3.8) is 0 Å². The molecule has 0 aromatic heterocycles. The van der Waals surface area contributed by atoms with Crippen molar-refractivity contribution in [1.82, 2.24) is 0 Å². The molecule has 0 saturated carbocycles. The molecular formula is C12H20O2. The second-order valence-electron chi connectivity index (χ2n) is 2.38. The van der Waals surface area contributed by atoms with Crippen LogP contribution in [0, 0.1) is 0 Å². The van der Waals surface area contributed by atoms with E-state index in [1.165, 1.54) is 12.5 Å². The zero-order valence-corrected chi connectivity index (χ0v) is 9.45. The Morgan fingerprint density at radius 3 is 1.93 bits per heavy atom. The third kappa shape index (κ3) is 7.35. The van der Waals surface area contributed by atoms with Crippen molar-refractivity contribution in [1.29, 1.82) is 0 Å². The van der Waals surface area contributed by atoms with Gasteiger partial charge in [-0.05, 0) is 12.1 Å². The van der Waals surface area contributed by atoms with E-state index in [4.69, 9.17) is 5.11 Å². The van der Waals surface area contributed by atoms with Crippen LogP contribution in [0.5, 0.6) is 5.75 Å². The summed E-state index contributed by atoms with van der Waals surface area (Å²) in [7, 11) is 0. The van der Waals surface area contributed by atoms with Crippen LogP contribution in [0.4, 0.5) is 0 Å². The predicted octanol–water partition coefficient (Wildman–Crippen LogP) is 3.65. The van der Waals surface area contributed by atoms with Gasteiger partial charge in [-0.2, -0.15) is 0 Å². The minimum absolute atomic E-state index is 0.0347. The number of carbonyl (C=O) groups is 1. The van der Waals surface area contributed by atoms with Crippen LogP contribution >= 0.6 is 0 Å². The Balaban J connectivity index is 0. The number of para-hydroxylation sites is 1. The van der Waals surface area contributed by atoms with Gasteiger partial charge in [0.15, 0.2) is 6.29 Å². The summed E-state index contributed by atoms with van der Waals surface area (Å²) < 4.78 is 0. The first-order valence-corrected chi connectivity index (χ1v) is 4.99. The van der Waals surface area contributed by atoms with Crippen molar-refractivity contribution in [3.8, 4) is 5.75 Å². The molecule has 0 aliphatic carbocycles. The van der Waals surface area contributed by atoms with E-state index in [0.717, 1.165) is 0 Å². The highest BCUT2D eigenvalue weighted by atomic mass is 16.3. The molecule has 0 atom stereocenters. The number of rotatable bonds is 1. The van der Waals surface area contributed by atoms with Crippen molar-refractivity contribution >= 4 is 6.29 Å². The standard InChI is InChI=1S/C7H6O2.C3H8.C2H6/c8-5-6-3-1-2-4-7(6)9;1-3-2;1-2/h1-5,9H;3H2,1-2H3;1-2H3. The van der Waals surface area contributed by atoms with Gasteiger partial charge in [0, 0.05) is 0 Å². The predicted molar refractivity (Wildman–Crippen MR) is 60.8 cm³/mol. The van der Waals surface area contributed by atoms with Gasteiger partial charge in [-0.15, -0.1) is 0 Å². The van der Waals surface area contributed by atoms with Crippen LogP contribution in [-0.2, 0) is 0 Å². The topological polar surface area (TPSA) is 37.3 Å². The monoisotopic (exact) mass is 196 g/mol. The number of aldehydes is 1. The van der Waals surface area contributed by atoms with Crippen LogP contribution in [0.3, 0.4) is 0 Å².